The molecule has 1 aromatic carbocycles. The summed E-state index contributed by atoms with van der Waals surface area (Å²) >= 11 is 0. The molecule has 0 saturated carbocycles. The first-order chi connectivity index (χ1) is 13.7. The number of hydrogen-bond acceptors (Lipinski definition) is 4. The van der Waals surface area contributed by atoms with E-state index in [1.165, 1.54) is 5.56 Å². The minimum Gasteiger partial charge on any atom is -0.334 e. The van der Waals surface area contributed by atoms with Crippen molar-refractivity contribution >= 4 is 5.91 Å². The van der Waals surface area contributed by atoms with Gasteiger partial charge in [-0.25, -0.2) is 4.68 Å². The molecule has 1 atom stereocenters. The summed E-state index contributed by atoms with van der Waals surface area (Å²) in [5, 5.41) is 11.9. The molecule has 2 heterocycles. The van der Waals surface area contributed by atoms with Crippen molar-refractivity contribution in [3.63, 3.8) is 0 Å². The predicted octanol–water partition coefficient (Wildman–Crippen LogP) is 3.47. The number of aromatic nitrogens is 3. The summed E-state index contributed by atoms with van der Waals surface area (Å²) in [7, 11) is 0. The average molecular weight is 384 g/mol. The van der Waals surface area contributed by atoms with E-state index < -0.39 is 0 Å². The summed E-state index contributed by atoms with van der Waals surface area (Å²) < 4.78 is 1.89. The third kappa shape index (κ3) is 5.19. The Hall–Kier alpha value is -2.21. The summed E-state index contributed by atoms with van der Waals surface area (Å²) in [6.07, 6.45) is 7.76. The van der Waals surface area contributed by atoms with E-state index in [1.807, 2.05) is 21.8 Å². The van der Waals surface area contributed by atoms with E-state index in [9.17, 15) is 4.79 Å². The molecule has 0 bridgehead atoms. The van der Waals surface area contributed by atoms with E-state index >= 15 is 0 Å². The van der Waals surface area contributed by atoms with Gasteiger partial charge in [-0.1, -0.05) is 55.8 Å². The minimum absolute atomic E-state index is 0.0106. The van der Waals surface area contributed by atoms with Crippen LogP contribution in [-0.2, 0) is 6.42 Å². The van der Waals surface area contributed by atoms with Crippen LogP contribution in [0.15, 0.2) is 36.5 Å². The third-order valence-electron chi connectivity index (χ3n) is 5.51. The Morgan fingerprint density at radius 2 is 1.96 bits per heavy atom. The molecule has 152 valence electrons. The van der Waals surface area contributed by atoms with Gasteiger partial charge in [-0.15, -0.1) is 5.10 Å². The fourth-order valence-corrected chi connectivity index (χ4v) is 4.05. The number of nitrogens with one attached hydrogen (secondary N) is 1. The molecule has 0 aliphatic carbocycles. The molecule has 6 heteroatoms. The molecule has 0 spiro atoms. The zero-order valence-corrected chi connectivity index (χ0v) is 17.2. The van der Waals surface area contributed by atoms with E-state index in [0.29, 0.717) is 11.7 Å². The van der Waals surface area contributed by atoms with Crippen molar-refractivity contribution in [2.45, 2.75) is 64.5 Å². The van der Waals surface area contributed by atoms with Gasteiger partial charge in [0.25, 0.3) is 5.91 Å². The van der Waals surface area contributed by atoms with Crippen LogP contribution in [-0.4, -0.2) is 51.5 Å². The van der Waals surface area contributed by atoms with Crippen molar-refractivity contribution < 1.29 is 4.79 Å². The maximum atomic E-state index is 13.3. The highest BCUT2D eigenvalue weighted by molar-refractivity contribution is 5.92. The van der Waals surface area contributed by atoms with Crippen molar-refractivity contribution in [2.75, 3.05) is 19.6 Å². The number of carbonyl (C=O) groups excluding carboxylic acids is 1. The molecule has 1 unspecified atom stereocenters. The molecule has 1 amide bonds. The quantitative estimate of drug-likeness (QED) is 0.720. The van der Waals surface area contributed by atoms with Gasteiger partial charge in [0.2, 0.25) is 0 Å². The zero-order chi connectivity index (χ0) is 19.8. The summed E-state index contributed by atoms with van der Waals surface area (Å²) in [5.74, 6) is 0.0106. The van der Waals surface area contributed by atoms with E-state index in [2.05, 4.69) is 53.7 Å². The lowest BCUT2D eigenvalue weighted by Gasteiger charge is -2.31. The van der Waals surface area contributed by atoms with Gasteiger partial charge < -0.3 is 10.2 Å². The molecule has 1 fully saturated rings. The molecular weight excluding hydrogens is 350 g/mol. The van der Waals surface area contributed by atoms with Crippen molar-refractivity contribution in [2.24, 2.45) is 0 Å². The van der Waals surface area contributed by atoms with E-state index in [1.54, 1.807) is 0 Å². The van der Waals surface area contributed by atoms with Crippen molar-refractivity contribution in [3.8, 4) is 0 Å². The molecule has 6 nitrogen and oxygen atoms in total. The number of amides is 1. The Morgan fingerprint density at radius 1 is 1.21 bits per heavy atom. The van der Waals surface area contributed by atoms with Crippen LogP contribution in [0.1, 0.15) is 68.0 Å². The molecular formula is C22H33N5O. The van der Waals surface area contributed by atoms with Crippen molar-refractivity contribution in [3.05, 3.63) is 47.8 Å². The number of rotatable bonds is 9. The molecule has 28 heavy (non-hydrogen) atoms. The summed E-state index contributed by atoms with van der Waals surface area (Å²) in [6.45, 7) is 7.03. The zero-order valence-electron chi connectivity index (χ0n) is 17.2. The van der Waals surface area contributed by atoms with E-state index in [4.69, 9.17) is 0 Å². The Labute approximate surface area is 168 Å². The highest BCUT2D eigenvalue weighted by atomic mass is 16.2. The molecule has 3 rings (SSSR count). The van der Waals surface area contributed by atoms with Gasteiger partial charge in [-0.05, 0) is 50.8 Å². The second-order valence-corrected chi connectivity index (χ2v) is 7.70. The maximum Gasteiger partial charge on any atom is 0.276 e. The van der Waals surface area contributed by atoms with Crippen molar-refractivity contribution in [1.29, 1.82) is 0 Å². The Morgan fingerprint density at radius 3 is 2.64 bits per heavy atom. The largest absolute Gasteiger partial charge is 0.334 e. The number of piperidine rings is 1. The highest BCUT2D eigenvalue weighted by Gasteiger charge is 2.27. The SMILES string of the molecule is CCCC(Cc1ccccc1)N(CCC)C(=O)c1cn(C2CCNCC2)nn1. The van der Waals surface area contributed by atoms with Gasteiger partial charge in [-0.3, -0.25) is 4.79 Å². The van der Waals surface area contributed by atoms with E-state index in [0.717, 1.165) is 58.2 Å². The van der Waals surface area contributed by atoms with Crippen LogP contribution in [0, 0.1) is 0 Å². The first kappa shape index (κ1) is 20.5. The molecule has 0 radical (unpaired) electrons. The first-order valence-electron chi connectivity index (χ1n) is 10.7. The highest BCUT2D eigenvalue weighted by Crippen LogP contribution is 2.20. The second kappa shape index (κ2) is 10.4. The van der Waals surface area contributed by atoms with Crippen LogP contribution in [0.2, 0.25) is 0 Å². The standard InChI is InChI=1S/C22H33N5O/c1-3-8-20(16-18-9-6-5-7-10-18)26(15-4-2)22(28)21-17-27(25-24-21)19-11-13-23-14-12-19/h5-7,9-10,17,19-20,23H,3-4,8,11-16H2,1-2H3. The van der Waals surface area contributed by atoms with Crippen LogP contribution in [0.25, 0.3) is 0 Å². The molecule has 1 aliphatic heterocycles. The molecule has 1 aliphatic rings. The lowest BCUT2D eigenvalue weighted by atomic mass is 10.00. The average Bonchev–Trinajstić information content (AvgIpc) is 3.23. The maximum absolute atomic E-state index is 13.3. The molecule has 1 N–H and O–H groups in total. The summed E-state index contributed by atoms with van der Waals surface area (Å²) in [6, 6.07) is 11.0. The topological polar surface area (TPSA) is 63.1 Å². The number of nitrogens with zero attached hydrogens (tertiary/aromatic N) is 4. The number of benzene rings is 1. The van der Waals surface area contributed by atoms with Gasteiger partial charge in [0, 0.05) is 12.6 Å². The first-order valence-corrected chi connectivity index (χ1v) is 10.7. The van der Waals surface area contributed by atoms with Gasteiger partial charge in [0.1, 0.15) is 0 Å². The van der Waals surface area contributed by atoms with Crippen molar-refractivity contribution in [1.82, 2.24) is 25.2 Å². The normalized spacial score (nSPS) is 16.1. The smallest absolute Gasteiger partial charge is 0.276 e. The van der Waals surface area contributed by atoms with Crippen LogP contribution in [0.3, 0.4) is 0 Å². The summed E-state index contributed by atoms with van der Waals surface area (Å²) in [4.78, 5) is 15.4. The van der Waals surface area contributed by atoms with Gasteiger partial charge in [0.05, 0.1) is 12.2 Å². The van der Waals surface area contributed by atoms with Crippen LogP contribution >= 0.6 is 0 Å². The number of hydrogen-bond donors (Lipinski definition) is 1. The summed E-state index contributed by atoms with van der Waals surface area (Å²) in [5.41, 5.74) is 1.74. The second-order valence-electron chi connectivity index (χ2n) is 7.70. The third-order valence-corrected chi connectivity index (χ3v) is 5.51. The lowest BCUT2D eigenvalue weighted by Crippen LogP contribution is -2.42. The predicted molar refractivity (Wildman–Crippen MR) is 111 cm³/mol. The fraction of sp³-hybridized carbons (Fsp3) is 0.591. The monoisotopic (exact) mass is 383 g/mol. The lowest BCUT2D eigenvalue weighted by molar-refractivity contribution is 0.0660. The minimum atomic E-state index is 0.0106. The van der Waals surface area contributed by atoms with Gasteiger partial charge >= 0.3 is 0 Å². The van der Waals surface area contributed by atoms with E-state index in [-0.39, 0.29) is 11.9 Å². The van der Waals surface area contributed by atoms with Gasteiger partial charge in [0.15, 0.2) is 5.69 Å². The van der Waals surface area contributed by atoms with Crippen LogP contribution in [0.4, 0.5) is 0 Å². The van der Waals surface area contributed by atoms with Crippen LogP contribution in [0.5, 0.6) is 0 Å². The Balaban J connectivity index is 1.76. The van der Waals surface area contributed by atoms with Gasteiger partial charge in [-0.2, -0.15) is 0 Å². The molecule has 1 saturated heterocycles. The number of carbonyl (C=O) groups is 1. The fourth-order valence-electron chi connectivity index (χ4n) is 4.05. The molecule has 2 aromatic rings. The Bertz CT molecular complexity index is 724. The Kier molecular flexibility index (Phi) is 7.60. The molecule has 1 aromatic heterocycles. The van der Waals surface area contributed by atoms with Crippen LogP contribution < -0.4 is 5.32 Å².